The predicted octanol–water partition coefficient (Wildman–Crippen LogP) is 11.6. The van der Waals surface area contributed by atoms with Crippen molar-refractivity contribution < 1.29 is 4.42 Å². The molecule has 0 amide bonds. The highest BCUT2D eigenvalue weighted by Crippen LogP contribution is 2.45. The van der Waals surface area contributed by atoms with Crippen molar-refractivity contribution in [1.82, 2.24) is 10.3 Å². The van der Waals surface area contributed by atoms with Gasteiger partial charge in [0.15, 0.2) is 5.84 Å². The van der Waals surface area contributed by atoms with E-state index in [2.05, 4.69) is 168 Å². The minimum Gasteiger partial charge on any atom is -0.438 e. The summed E-state index contributed by atoms with van der Waals surface area (Å²) in [4.78, 5) is 18.2. The standard InChI is InChI=1S/C58H45N5O/c1-2-14-37(15-3-1)55-60-56(62-57(61-55)39-30-32-40(33-31-39)63-50-23-11-8-18-44(50)45-19-9-12-24-51(45)63)38-28-26-36(27-29-38)41-34-35-48(43-17-5-4-16-42(41)43)54-47-21-7-6-20-46(47)53-49-22-10-13-25-52(49)64-58(53)59-54/h1-8,10-18,20-26,28,30-33,44,50,57H,9,19,27,29,34-35H2,(H,60,61,62). The molecule has 3 unspecified atom stereocenters. The number of aromatic nitrogens is 1. The van der Waals surface area contributed by atoms with Gasteiger partial charge in [-0.2, -0.15) is 0 Å². The van der Waals surface area contributed by atoms with Crippen LogP contribution in [0.25, 0.3) is 44.0 Å². The number of hydrogen-bond acceptors (Lipinski definition) is 6. The Hall–Kier alpha value is -7.57. The third-order valence-corrected chi connectivity index (χ3v) is 14.1. The van der Waals surface area contributed by atoms with E-state index in [4.69, 9.17) is 19.4 Å². The summed E-state index contributed by atoms with van der Waals surface area (Å²) in [5.41, 5.74) is 14.1. The SMILES string of the molecule is C1=CC2C3=C(C=CCC3)N(c3ccc(C4N=C(c5ccccc5)N=C(C5=CC=C(C6=c7ccccc7=C(c7nc8oc9ccccc9c8c8ccccc78)CC6)CC5)N4)cc3)C2C=C1. The van der Waals surface area contributed by atoms with Crippen LogP contribution >= 0.6 is 0 Å². The van der Waals surface area contributed by atoms with Crippen LogP contribution in [0.1, 0.15) is 61.5 Å². The zero-order valence-corrected chi connectivity index (χ0v) is 35.4. The molecule has 0 saturated heterocycles. The fourth-order valence-corrected chi connectivity index (χ4v) is 11.1. The summed E-state index contributed by atoms with van der Waals surface area (Å²) in [6.07, 6.45) is 24.0. The number of allylic oxidation sites excluding steroid dienone is 7. The summed E-state index contributed by atoms with van der Waals surface area (Å²) in [6.45, 7) is 0. The van der Waals surface area contributed by atoms with Gasteiger partial charge in [-0.3, -0.25) is 0 Å². The van der Waals surface area contributed by atoms with Crippen LogP contribution in [-0.4, -0.2) is 22.7 Å². The van der Waals surface area contributed by atoms with Crippen molar-refractivity contribution in [3.63, 3.8) is 0 Å². The minimum absolute atomic E-state index is 0.270. The molecule has 0 spiro atoms. The highest BCUT2D eigenvalue weighted by atomic mass is 16.3. The molecule has 0 radical (unpaired) electrons. The molecule has 6 aliphatic rings. The number of nitrogens with one attached hydrogen (secondary N) is 1. The molecule has 3 atom stereocenters. The zero-order chi connectivity index (χ0) is 42.1. The second kappa shape index (κ2) is 15.1. The largest absolute Gasteiger partial charge is 0.438 e. The Labute approximate surface area is 371 Å². The maximum Gasteiger partial charge on any atom is 0.228 e. The van der Waals surface area contributed by atoms with E-state index in [1.54, 1.807) is 5.57 Å². The molecular formula is C58H45N5O. The Balaban J connectivity index is 0.847. The van der Waals surface area contributed by atoms with Gasteiger partial charge in [-0.1, -0.05) is 152 Å². The maximum atomic E-state index is 6.40. The van der Waals surface area contributed by atoms with Gasteiger partial charge in [-0.05, 0) is 112 Å². The molecule has 4 heterocycles. The third kappa shape index (κ3) is 6.04. The number of hydrogen-bond donors (Lipinski definition) is 1. The quantitative estimate of drug-likeness (QED) is 0.181. The molecule has 2 aliphatic heterocycles. The molecule has 0 bridgehead atoms. The smallest absolute Gasteiger partial charge is 0.228 e. The number of amidine groups is 2. The molecule has 6 heteroatoms. The lowest BCUT2D eigenvalue weighted by Crippen LogP contribution is -2.35. The van der Waals surface area contributed by atoms with Crippen LogP contribution in [0.3, 0.4) is 0 Å². The molecule has 1 N–H and O–H groups in total. The number of fused-ring (bicyclic) bond motifs is 8. The lowest BCUT2D eigenvalue weighted by atomic mass is 9.83. The van der Waals surface area contributed by atoms with Crippen molar-refractivity contribution in [3.05, 3.63) is 226 Å². The van der Waals surface area contributed by atoms with E-state index >= 15 is 0 Å². The van der Waals surface area contributed by atoms with Crippen LogP contribution in [-0.2, 0) is 0 Å². The average Bonchev–Trinajstić information content (AvgIpc) is 3.92. The Morgan fingerprint density at radius 3 is 2.20 bits per heavy atom. The minimum atomic E-state index is -0.270. The molecule has 2 aromatic heterocycles. The number of furan rings is 1. The van der Waals surface area contributed by atoms with Crippen LogP contribution in [0, 0.1) is 5.92 Å². The maximum absolute atomic E-state index is 6.40. The molecule has 64 heavy (non-hydrogen) atoms. The van der Waals surface area contributed by atoms with Crippen LogP contribution in [0.15, 0.2) is 213 Å². The molecule has 0 fully saturated rings. The Morgan fingerprint density at radius 1 is 0.641 bits per heavy atom. The van der Waals surface area contributed by atoms with Gasteiger partial charge in [-0.25, -0.2) is 15.0 Å². The van der Waals surface area contributed by atoms with E-state index < -0.39 is 0 Å². The van der Waals surface area contributed by atoms with Gasteiger partial charge in [0.25, 0.3) is 0 Å². The van der Waals surface area contributed by atoms with Gasteiger partial charge in [0.1, 0.15) is 17.6 Å². The van der Waals surface area contributed by atoms with Crippen molar-refractivity contribution in [2.75, 3.05) is 4.90 Å². The van der Waals surface area contributed by atoms with Gasteiger partial charge in [0.05, 0.1) is 17.1 Å². The van der Waals surface area contributed by atoms with Gasteiger partial charge >= 0.3 is 0 Å². The second-order valence-corrected chi connectivity index (χ2v) is 17.6. The predicted molar refractivity (Wildman–Crippen MR) is 261 cm³/mol. The van der Waals surface area contributed by atoms with E-state index in [1.807, 2.05) is 18.2 Å². The molecule has 4 aliphatic carbocycles. The molecule has 0 saturated carbocycles. The van der Waals surface area contributed by atoms with Gasteiger partial charge in [-0.15, -0.1) is 0 Å². The van der Waals surface area contributed by atoms with E-state index in [0.717, 1.165) is 83.4 Å². The summed E-state index contributed by atoms with van der Waals surface area (Å²) in [6, 6.07) is 45.6. The van der Waals surface area contributed by atoms with Crippen LogP contribution in [0.2, 0.25) is 0 Å². The summed E-state index contributed by atoms with van der Waals surface area (Å²) in [5.74, 6) is 2.08. The number of nitrogens with zero attached hydrogens (tertiary/aromatic N) is 4. The molecule has 308 valence electrons. The number of aliphatic imine (C=N–C) groups is 2. The van der Waals surface area contributed by atoms with Crippen molar-refractivity contribution in [3.8, 4) is 0 Å². The zero-order valence-electron chi connectivity index (χ0n) is 35.4. The molecular weight excluding hydrogens is 783 g/mol. The highest BCUT2D eigenvalue weighted by Gasteiger charge is 2.39. The van der Waals surface area contributed by atoms with E-state index in [1.165, 1.54) is 54.9 Å². The van der Waals surface area contributed by atoms with E-state index in [-0.39, 0.29) is 6.17 Å². The number of pyridine rings is 1. The Kier molecular flexibility index (Phi) is 8.71. The number of benzene rings is 5. The fourth-order valence-electron chi connectivity index (χ4n) is 11.1. The summed E-state index contributed by atoms with van der Waals surface area (Å²) < 4.78 is 6.40. The summed E-state index contributed by atoms with van der Waals surface area (Å²) in [7, 11) is 0. The average molecular weight is 828 g/mol. The molecule has 6 nitrogen and oxygen atoms in total. The Morgan fingerprint density at radius 2 is 1.36 bits per heavy atom. The lowest BCUT2D eigenvalue weighted by Gasteiger charge is -2.31. The van der Waals surface area contributed by atoms with Crippen molar-refractivity contribution >= 4 is 61.3 Å². The first-order chi connectivity index (χ1) is 31.7. The number of rotatable bonds is 6. The third-order valence-electron chi connectivity index (χ3n) is 14.1. The van der Waals surface area contributed by atoms with Gasteiger partial charge < -0.3 is 14.6 Å². The number of para-hydroxylation sites is 1. The first-order valence-electron chi connectivity index (χ1n) is 22.8. The van der Waals surface area contributed by atoms with Crippen molar-refractivity contribution in [2.45, 2.75) is 50.7 Å². The topological polar surface area (TPSA) is 66.0 Å². The normalized spacial score (nSPS) is 21.4. The monoisotopic (exact) mass is 827 g/mol. The van der Waals surface area contributed by atoms with Crippen molar-refractivity contribution in [2.24, 2.45) is 15.9 Å². The summed E-state index contributed by atoms with van der Waals surface area (Å²) >= 11 is 0. The first kappa shape index (κ1) is 37.0. The second-order valence-electron chi connectivity index (χ2n) is 17.6. The van der Waals surface area contributed by atoms with E-state index in [9.17, 15) is 0 Å². The van der Waals surface area contributed by atoms with E-state index in [0.29, 0.717) is 17.7 Å². The van der Waals surface area contributed by atoms with Crippen LogP contribution in [0.4, 0.5) is 5.69 Å². The Bertz CT molecular complexity index is 3480. The first-order valence-corrected chi connectivity index (χ1v) is 22.8. The molecule has 7 aromatic rings. The van der Waals surface area contributed by atoms with Gasteiger partial charge in [0.2, 0.25) is 5.71 Å². The van der Waals surface area contributed by atoms with Crippen molar-refractivity contribution in [1.29, 1.82) is 0 Å². The molecule has 5 aromatic carbocycles. The fraction of sp³-hybridized carbons (Fsp3) is 0.155. The van der Waals surface area contributed by atoms with Gasteiger partial charge in [0, 0.05) is 33.6 Å². The van der Waals surface area contributed by atoms with Crippen LogP contribution < -0.4 is 20.7 Å². The highest BCUT2D eigenvalue weighted by molar-refractivity contribution is 6.19. The lowest BCUT2D eigenvalue weighted by molar-refractivity contribution is 0.654. The van der Waals surface area contributed by atoms with Crippen LogP contribution in [0.5, 0.6) is 0 Å². The number of anilines is 1. The molecule has 13 rings (SSSR count). The summed E-state index contributed by atoms with van der Waals surface area (Å²) in [5, 5.41) is 10.9.